The smallest absolute Gasteiger partial charge is 0.382 e. The van der Waals surface area contributed by atoms with E-state index in [1.165, 1.54) is 4.68 Å². The third kappa shape index (κ3) is 1.61. The highest BCUT2D eigenvalue weighted by Gasteiger charge is 2.37. The van der Waals surface area contributed by atoms with E-state index in [1.807, 2.05) is 0 Å². The predicted molar refractivity (Wildman–Crippen MR) is 59.9 cm³/mol. The first-order valence-corrected chi connectivity index (χ1v) is 5.58. The maximum atomic E-state index is 13.1. The molecule has 1 aliphatic rings. The Morgan fingerprint density at radius 2 is 2.06 bits per heavy atom. The van der Waals surface area contributed by atoms with Gasteiger partial charge in [-0.15, -0.1) is 0 Å². The normalized spacial score (nSPS) is 16.4. The van der Waals surface area contributed by atoms with Gasteiger partial charge in [0.05, 0.1) is 10.9 Å². The highest BCUT2D eigenvalue weighted by molar-refractivity contribution is 5.90. The molecule has 0 aliphatic heterocycles. The summed E-state index contributed by atoms with van der Waals surface area (Å²) in [5.41, 5.74) is 5.49. The lowest BCUT2D eigenvalue weighted by Crippen LogP contribution is -2.08. The number of nitrogens with zero attached hydrogens (tertiary/aromatic N) is 3. The maximum absolute atomic E-state index is 13.1. The van der Waals surface area contributed by atoms with E-state index in [9.17, 15) is 13.2 Å². The van der Waals surface area contributed by atoms with Crippen molar-refractivity contribution >= 4 is 16.9 Å². The first-order valence-electron chi connectivity index (χ1n) is 5.58. The molecular formula is C11H11F3N4. The summed E-state index contributed by atoms with van der Waals surface area (Å²) in [5, 5.41) is 3.71. The summed E-state index contributed by atoms with van der Waals surface area (Å²) >= 11 is 0. The van der Waals surface area contributed by atoms with Crippen LogP contribution in [0.4, 0.5) is 19.0 Å². The maximum Gasteiger partial charge on any atom is 0.417 e. The Bertz CT molecular complexity index is 625. The van der Waals surface area contributed by atoms with Crippen molar-refractivity contribution in [3.05, 3.63) is 17.3 Å². The first-order chi connectivity index (χ1) is 8.38. The van der Waals surface area contributed by atoms with Crippen LogP contribution in [0.2, 0.25) is 0 Å². The van der Waals surface area contributed by atoms with Crippen LogP contribution in [0.3, 0.4) is 0 Å². The van der Waals surface area contributed by atoms with Crippen molar-refractivity contribution in [1.82, 2.24) is 14.8 Å². The standard InChI is InChI=1S/C11H11F3N4/c1-18-10-8(9(15)17-18)6(11(12,13)14)4-7(16-10)5-2-3-5/h4-5H,2-3H2,1H3,(H2,15,17). The zero-order valence-electron chi connectivity index (χ0n) is 9.62. The van der Waals surface area contributed by atoms with E-state index in [4.69, 9.17) is 5.73 Å². The molecule has 0 atom stereocenters. The summed E-state index contributed by atoms with van der Waals surface area (Å²) in [6.45, 7) is 0. The van der Waals surface area contributed by atoms with Crippen LogP contribution in [-0.4, -0.2) is 14.8 Å². The van der Waals surface area contributed by atoms with Crippen molar-refractivity contribution in [3.63, 3.8) is 0 Å². The number of hydrogen-bond donors (Lipinski definition) is 1. The molecule has 0 unspecified atom stereocenters. The zero-order chi connectivity index (χ0) is 13.1. The Morgan fingerprint density at radius 1 is 1.39 bits per heavy atom. The second-order valence-electron chi connectivity index (χ2n) is 4.57. The lowest BCUT2D eigenvalue weighted by molar-refractivity contribution is -0.136. The van der Waals surface area contributed by atoms with Gasteiger partial charge in [0.1, 0.15) is 0 Å². The Hall–Kier alpha value is -1.79. The van der Waals surface area contributed by atoms with Crippen LogP contribution in [0.25, 0.3) is 11.0 Å². The third-order valence-electron chi connectivity index (χ3n) is 3.14. The highest BCUT2D eigenvalue weighted by Crippen LogP contribution is 2.43. The Kier molecular flexibility index (Phi) is 2.11. The fourth-order valence-electron chi connectivity index (χ4n) is 2.11. The van der Waals surface area contributed by atoms with Crippen LogP contribution in [0.15, 0.2) is 6.07 Å². The van der Waals surface area contributed by atoms with Gasteiger partial charge in [-0.05, 0) is 18.9 Å². The van der Waals surface area contributed by atoms with Crippen molar-refractivity contribution in [3.8, 4) is 0 Å². The summed E-state index contributed by atoms with van der Waals surface area (Å²) in [4.78, 5) is 4.25. The van der Waals surface area contributed by atoms with Crippen LogP contribution in [0.5, 0.6) is 0 Å². The molecule has 2 aromatic heterocycles. The molecule has 0 saturated heterocycles. The number of aryl methyl sites for hydroxylation is 1. The van der Waals surface area contributed by atoms with Gasteiger partial charge in [-0.3, -0.25) is 0 Å². The van der Waals surface area contributed by atoms with E-state index < -0.39 is 11.7 Å². The van der Waals surface area contributed by atoms with Crippen LogP contribution >= 0.6 is 0 Å². The molecule has 2 aromatic rings. The molecule has 0 bridgehead atoms. The van der Waals surface area contributed by atoms with Crippen LogP contribution < -0.4 is 5.73 Å². The van der Waals surface area contributed by atoms with Gasteiger partial charge >= 0.3 is 6.18 Å². The molecule has 4 nitrogen and oxygen atoms in total. The fraction of sp³-hybridized carbons (Fsp3) is 0.455. The van der Waals surface area contributed by atoms with Crippen molar-refractivity contribution < 1.29 is 13.2 Å². The molecule has 0 amide bonds. The number of halogens is 3. The number of nitrogen functional groups attached to an aromatic ring is 1. The minimum absolute atomic E-state index is 0.102. The number of alkyl halides is 3. The fourth-order valence-corrected chi connectivity index (χ4v) is 2.11. The van der Waals surface area contributed by atoms with Gasteiger partial charge in [-0.2, -0.15) is 18.3 Å². The van der Waals surface area contributed by atoms with Gasteiger partial charge in [-0.25, -0.2) is 9.67 Å². The molecule has 1 saturated carbocycles. The van der Waals surface area contributed by atoms with Crippen LogP contribution in [0.1, 0.15) is 30.0 Å². The number of aromatic nitrogens is 3. The summed E-state index contributed by atoms with van der Waals surface area (Å²) in [6.07, 6.45) is -2.66. The van der Waals surface area contributed by atoms with Crippen molar-refractivity contribution in [1.29, 1.82) is 0 Å². The van der Waals surface area contributed by atoms with Gasteiger partial charge in [0.15, 0.2) is 11.5 Å². The number of fused-ring (bicyclic) bond motifs is 1. The van der Waals surface area contributed by atoms with Gasteiger partial charge in [-0.1, -0.05) is 0 Å². The van der Waals surface area contributed by atoms with Crippen LogP contribution in [-0.2, 0) is 13.2 Å². The summed E-state index contributed by atoms with van der Waals surface area (Å²) in [7, 11) is 1.54. The molecule has 2 heterocycles. The topological polar surface area (TPSA) is 56.7 Å². The molecule has 1 fully saturated rings. The second kappa shape index (κ2) is 3.37. The molecule has 18 heavy (non-hydrogen) atoms. The average Bonchev–Trinajstić information content (AvgIpc) is 3.06. The minimum Gasteiger partial charge on any atom is -0.382 e. The van der Waals surface area contributed by atoms with Crippen molar-refractivity contribution in [2.45, 2.75) is 24.9 Å². The molecule has 3 rings (SSSR count). The lowest BCUT2D eigenvalue weighted by atomic mass is 10.1. The van der Waals surface area contributed by atoms with Crippen molar-refractivity contribution in [2.24, 2.45) is 7.05 Å². The van der Waals surface area contributed by atoms with Gasteiger partial charge in [0.25, 0.3) is 0 Å². The number of hydrogen-bond acceptors (Lipinski definition) is 3. The second-order valence-corrected chi connectivity index (χ2v) is 4.57. The molecule has 96 valence electrons. The Balaban J connectivity index is 2.36. The minimum atomic E-state index is -4.44. The number of pyridine rings is 1. The molecule has 1 aliphatic carbocycles. The van der Waals surface area contributed by atoms with E-state index in [2.05, 4.69) is 10.1 Å². The number of anilines is 1. The van der Waals surface area contributed by atoms with Gasteiger partial charge < -0.3 is 5.73 Å². The van der Waals surface area contributed by atoms with Gasteiger partial charge in [0.2, 0.25) is 0 Å². The predicted octanol–water partition coefficient (Wildman–Crippen LogP) is 2.45. The zero-order valence-corrected chi connectivity index (χ0v) is 9.62. The van der Waals surface area contributed by atoms with E-state index in [1.54, 1.807) is 7.05 Å². The highest BCUT2D eigenvalue weighted by atomic mass is 19.4. The van der Waals surface area contributed by atoms with E-state index in [-0.39, 0.29) is 22.8 Å². The van der Waals surface area contributed by atoms with E-state index >= 15 is 0 Å². The van der Waals surface area contributed by atoms with E-state index in [0.717, 1.165) is 18.9 Å². The molecule has 2 N–H and O–H groups in total. The van der Waals surface area contributed by atoms with Gasteiger partial charge in [0, 0.05) is 18.7 Å². The molecule has 0 aromatic carbocycles. The summed E-state index contributed by atoms with van der Waals surface area (Å²) in [5.74, 6) is 0.0151. The number of nitrogens with two attached hydrogens (primary N) is 1. The van der Waals surface area contributed by atoms with Crippen molar-refractivity contribution in [2.75, 3.05) is 5.73 Å². The molecule has 0 spiro atoms. The SMILES string of the molecule is Cn1nc(N)c2c(C(F)(F)F)cc(C3CC3)nc21. The first kappa shape index (κ1) is 11.3. The quantitative estimate of drug-likeness (QED) is 0.852. The average molecular weight is 256 g/mol. The third-order valence-corrected chi connectivity index (χ3v) is 3.14. The molecule has 7 heteroatoms. The van der Waals surface area contributed by atoms with E-state index in [0.29, 0.717) is 5.69 Å². The van der Waals surface area contributed by atoms with Crippen LogP contribution in [0, 0.1) is 0 Å². The summed E-state index contributed by atoms with van der Waals surface area (Å²) in [6, 6.07) is 1.11. The lowest BCUT2D eigenvalue weighted by Gasteiger charge is -2.10. The Morgan fingerprint density at radius 3 is 2.61 bits per heavy atom. The molecular weight excluding hydrogens is 245 g/mol. The molecule has 0 radical (unpaired) electrons. The summed E-state index contributed by atoms with van der Waals surface area (Å²) < 4.78 is 40.4. The monoisotopic (exact) mass is 256 g/mol. The largest absolute Gasteiger partial charge is 0.417 e. The number of rotatable bonds is 1. The Labute approximate surface area is 101 Å².